The molecule has 0 saturated carbocycles. The first-order valence-electron chi connectivity index (χ1n) is 10.7. The third-order valence-corrected chi connectivity index (χ3v) is 6.26. The zero-order valence-corrected chi connectivity index (χ0v) is 18.9. The molecule has 0 radical (unpaired) electrons. The number of amides is 3. The first-order valence-corrected chi connectivity index (χ1v) is 10.7. The number of rotatable bonds is 5. The van der Waals surface area contributed by atoms with Gasteiger partial charge >= 0.3 is 6.03 Å². The number of ether oxygens (including phenoxy) is 3. The van der Waals surface area contributed by atoms with Gasteiger partial charge in [-0.15, -0.1) is 0 Å². The average molecular weight is 440 g/mol. The van der Waals surface area contributed by atoms with Crippen molar-refractivity contribution in [3.63, 3.8) is 0 Å². The van der Waals surface area contributed by atoms with Crippen LogP contribution in [0.15, 0.2) is 36.4 Å². The Morgan fingerprint density at radius 2 is 1.81 bits per heavy atom. The van der Waals surface area contributed by atoms with E-state index in [0.717, 1.165) is 23.2 Å². The van der Waals surface area contributed by atoms with E-state index in [9.17, 15) is 9.59 Å². The number of benzene rings is 2. The van der Waals surface area contributed by atoms with Gasteiger partial charge in [0.25, 0.3) is 0 Å². The minimum Gasteiger partial charge on any atom is -0.497 e. The number of carbonyl (C=O) groups excluding carboxylic acids is 2. The van der Waals surface area contributed by atoms with Gasteiger partial charge in [-0.1, -0.05) is 6.07 Å². The summed E-state index contributed by atoms with van der Waals surface area (Å²) in [6.07, 6.45) is 1.000. The maximum absolute atomic E-state index is 13.1. The lowest BCUT2D eigenvalue weighted by Crippen LogP contribution is -2.48. The van der Waals surface area contributed by atoms with Crippen molar-refractivity contribution in [3.05, 3.63) is 47.5 Å². The number of carbonyl (C=O) groups is 2. The molecule has 8 nitrogen and oxygen atoms in total. The minimum absolute atomic E-state index is 0.0163. The summed E-state index contributed by atoms with van der Waals surface area (Å²) in [5.41, 5.74) is 2.97. The average Bonchev–Trinajstić information content (AvgIpc) is 3.18. The molecule has 1 N–H and O–H groups in total. The lowest BCUT2D eigenvalue weighted by molar-refractivity contribution is -0.117. The zero-order valence-electron chi connectivity index (χ0n) is 18.9. The molecule has 1 fully saturated rings. The Morgan fingerprint density at radius 1 is 1.06 bits per heavy atom. The van der Waals surface area contributed by atoms with E-state index >= 15 is 0 Å². The standard InChI is InChI=1S/C24H29N3O5/c1-15-20-13-22(32-4)21(31-3)10-16(20)8-9-26(15)24(29)25-17-11-23(28)27(14-17)18-6-5-7-19(12-18)30-2/h5-7,10,12-13,15,17H,8-9,11,14H2,1-4H3,(H,25,29). The summed E-state index contributed by atoms with van der Waals surface area (Å²) >= 11 is 0. The molecule has 0 aromatic heterocycles. The second-order valence-corrected chi connectivity index (χ2v) is 8.08. The van der Waals surface area contributed by atoms with Crippen molar-refractivity contribution in [1.29, 1.82) is 0 Å². The second kappa shape index (κ2) is 8.98. The highest BCUT2D eigenvalue weighted by Gasteiger charge is 2.35. The van der Waals surface area contributed by atoms with Crippen LogP contribution in [0.3, 0.4) is 0 Å². The van der Waals surface area contributed by atoms with Gasteiger partial charge in [0, 0.05) is 31.3 Å². The molecule has 2 atom stereocenters. The number of anilines is 1. The molecular formula is C24H29N3O5. The number of hydrogen-bond donors (Lipinski definition) is 1. The van der Waals surface area contributed by atoms with Crippen LogP contribution in [0.25, 0.3) is 0 Å². The number of urea groups is 1. The molecule has 32 heavy (non-hydrogen) atoms. The quantitative estimate of drug-likeness (QED) is 0.774. The normalized spacial score (nSPS) is 20.1. The molecule has 2 aromatic rings. The lowest BCUT2D eigenvalue weighted by atomic mass is 9.93. The van der Waals surface area contributed by atoms with Crippen LogP contribution in [0, 0.1) is 0 Å². The van der Waals surface area contributed by atoms with E-state index < -0.39 is 0 Å². The highest BCUT2D eigenvalue weighted by molar-refractivity contribution is 5.97. The molecule has 1 saturated heterocycles. The van der Waals surface area contributed by atoms with Crippen molar-refractivity contribution in [2.24, 2.45) is 0 Å². The molecule has 2 unspecified atom stereocenters. The molecular weight excluding hydrogens is 410 g/mol. The minimum atomic E-state index is -0.250. The number of nitrogens with zero attached hydrogens (tertiary/aromatic N) is 2. The smallest absolute Gasteiger partial charge is 0.318 e. The fraction of sp³-hybridized carbons (Fsp3) is 0.417. The third kappa shape index (κ3) is 4.04. The van der Waals surface area contributed by atoms with Gasteiger partial charge in [-0.05, 0) is 48.7 Å². The molecule has 2 aliphatic rings. The topological polar surface area (TPSA) is 80.3 Å². The maximum atomic E-state index is 13.1. The molecule has 0 aliphatic carbocycles. The first kappa shape index (κ1) is 21.8. The van der Waals surface area contributed by atoms with Crippen molar-refractivity contribution in [1.82, 2.24) is 10.2 Å². The maximum Gasteiger partial charge on any atom is 0.318 e. The Balaban J connectivity index is 1.45. The SMILES string of the molecule is COc1cccc(N2CC(NC(=O)N3CCc4cc(OC)c(OC)cc4C3C)CC2=O)c1. The van der Waals surface area contributed by atoms with Crippen LogP contribution in [-0.2, 0) is 11.2 Å². The molecule has 170 valence electrons. The van der Waals surface area contributed by atoms with E-state index in [4.69, 9.17) is 14.2 Å². The van der Waals surface area contributed by atoms with E-state index in [0.29, 0.717) is 30.3 Å². The molecule has 4 rings (SSSR count). The first-order chi connectivity index (χ1) is 15.4. The summed E-state index contributed by atoms with van der Waals surface area (Å²) in [5.74, 6) is 2.02. The van der Waals surface area contributed by atoms with Gasteiger partial charge in [-0.2, -0.15) is 0 Å². The van der Waals surface area contributed by atoms with Gasteiger partial charge < -0.3 is 29.3 Å². The van der Waals surface area contributed by atoms with Crippen LogP contribution in [0.2, 0.25) is 0 Å². The Hall–Kier alpha value is -3.42. The molecule has 2 aliphatic heterocycles. The summed E-state index contributed by atoms with van der Waals surface area (Å²) in [5, 5.41) is 3.06. The van der Waals surface area contributed by atoms with Crippen molar-refractivity contribution in [2.75, 3.05) is 39.3 Å². The number of fused-ring (bicyclic) bond motifs is 1. The fourth-order valence-corrected chi connectivity index (χ4v) is 4.51. The van der Waals surface area contributed by atoms with E-state index in [1.807, 2.05) is 48.2 Å². The Bertz CT molecular complexity index is 1020. The van der Waals surface area contributed by atoms with Crippen molar-refractivity contribution in [3.8, 4) is 17.2 Å². The second-order valence-electron chi connectivity index (χ2n) is 8.08. The number of methoxy groups -OCH3 is 3. The molecule has 2 aromatic carbocycles. The van der Waals surface area contributed by atoms with E-state index in [2.05, 4.69) is 5.32 Å². The van der Waals surface area contributed by atoms with Gasteiger partial charge in [-0.3, -0.25) is 4.79 Å². The van der Waals surface area contributed by atoms with E-state index in [-0.39, 0.29) is 30.4 Å². The Kier molecular flexibility index (Phi) is 6.12. The van der Waals surface area contributed by atoms with Crippen LogP contribution >= 0.6 is 0 Å². The highest BCUT2D eigenvalue weighted by Crippen LogP contribution is 2.38. The van der Waals surface area contributed by atoms with Gasteiger partial charge in [0.1, 0.15) is 5.75 Å². The molecule has 8 heteroatoms. The summed E-state index contributed by atoms with van der Waals surface area (Å²) in [6.45, 7) is 3.03. The lowest BCUT2D eigenvalue weighted by Gasteiger charge is -2.36. The van der Waals surface area contributed by atoms with E-state index in [1.165, 1.54) is 0 Å². The van der Waals surface area contributed by atoms with Crippen LogP contribution < -0.4 is 24.4 Å². The molecule has 2 heterocycles. The summed E-state index contributed by atoms with van der Waals surface area (Å²) in [7, 11) is 4.82. The summed E-state index contributed by atoms with van der Waals surface area (Å²) in [6, 6.07) is 10.8. The Morgan fingerprint density at radius 3 is 2.53 bits per heavy atom. The highest BCUT2D eigenvalue weighted by atomic mass is 16.5. The third-order valence-electron chi connectivity index (χ3n) is 6.26. The molecule has 0 bridgehead atoms. The van der Waals surface area contributed by atoms with Crippen LogP contribution in [-0.4, -0.2) is 57.3 Å². The fourth-order valence-electron chi connectivity index (χ4n) is 4.51. The molecule has 0 spiro atoms. The van der Waals surface area contributed by atoms with Gasteiger partial charge in [0.2, 0.25) is 5.91 Å². The van der Waals surface area contributed by atoms with Crippen LogP contribution in [0.1, 0.15) is 30.5 Å². The predicted octanol–water partition coefficient (Wildman–Crippen LogP) is 3.15. The predicted molar refractivity (Wildman–Crippen MR) is 121 cm³/mol. The monoisotopic (exact) mass is 439 g/mol. The molecule has 3 amide bonds. The van der Waals surface area contributed by atoms with Crippen LogP contribution in [0.5, 0.6) is 17.2 Å². The van der Waals surface area contributed by atoms with Gasteiger partial charge in [0.05, 0.1) is 33.4 Å². The number of hydrogen-bond acceptors (Lipinski definition) is 5. The summed E-state index contributed by atoms with van der Waals surface area (Å²) in [4.78, 5) is 29.2. The van der Waals surface area contributed by atoms with Crippen molar-refractivity contribution >= 4 is 17.6 Å². The van der Waals surface area contributed by atoms with Gasteiger partial charge in [-0.25, -0.2) is 4.79 Å². The van der Waals surface area contributed by atoms with E-state index in [1.54, 1.807) is 26.2 Å². The van der Waals surface area contributed by atoms with Crippen molar-refractivity contribution in [2.45, 2.75) is 31.8 Å². The summed E-state index contributed by atoms with van der Waals surface area (Å²) < 4.78 is 16.1. The largest absolute Gasteiger partial charge is 0.497 e. The number of nitrogens with one attached hydrogen (secondary N) is 1. The Labute approximate surface area is 188 Å². The van der Waals surface area contributed by atoms with Crippen LogP contribution in [0.4, 0.5) is 10.5 Å². The van der Waals surface area contributed by atoms with Crippen molar-refractivity contribution < 1.29 is 23.8 Å². The van der Waals surface area contributed by atoms with Gasteiger partial charge in [0.15, 0.2) is 11.5 Å². The zero-order chi connectivity index (χ0) is 22.8.